The molecule has 2 aliphatic rings. The number of hydrogen-bond donors (Lipinski definition) is 0. The molecule has 1 aromatic rings. The summed E-state index contributed by atoms with van der Waals surface area (Å²) in [6.45, 7) is 4.91. The van der Waals surface area contributed by atoms with E-state index in [1.54, 1.807) is 41.1 Å². The molecule has 0 aliphatic carbocycles. The van der Waals surface area contributed by atoms with Crippen molar-refractivity contribution in [2.45, 2.75) is 31.7 Å². The van der Waals surface area contributed by atoms with Crippen molar-refractivity contribution in [2.75, 3.05) is 60.0 Å². The van der Waals surface area contributed by atoms with Gasteiger partial charge < -0.3 is 24.3 Å². The maximum Gasteiger partial charge on any atom is 0.409 e. The first-order chi connectivity index (χ1) is 16.8. The van der Waals surface area contributed by atoms with Gasteiger partial charge in [0.25, 0.3) is 0 Å². The van der Waals surface area contributed by atoms with Gasteiger partial charge in [0.05, 0.1) is 17.2 Å². The first-order valence-corrected chi connectivity index (χ1v) is 12.8. The van der Waals surface area contributed by atoms with E-state index in [0.29, 0.717) is 42.6 Å². The van der Waals surface area contributed by atoms with Crippen molar-refractivity contribution in [3.05, 3.63) is 39.9 Å². The van der Waals surface area contributed by atoms with E-state index in [-0.39, 0.29) is 23.9 Å². The van der Waals surface area contributed by atoms with Crippen LogP contribution in [0, 0.1) is 0 Å². The number of hydrogen-bond acceptors (Lipinski definition) is 5. The summed E-state index contributed by atoms with van der Waals surface area (Å²) < 4.78 is 4.81. The average Bonchev–Trinajstić information content (AvgIpc) is 3.05. The lowest BCUT2D eigenvalue weighted by Crippen LogP contribution is -2.46. The predicted molar refractivity (Wildman–Crippen MR) is 138 cm³/mol. The lowest BCUT2D eigenvalue weighted by atomic mass is 10.0. The summed E-state index contributed by atoms with van der Waals surface area (Å²) in [6, 6.07) is 5.41. The third kappa shape index (κ3) is 7.85. The molecule has 0 bridgehead atoms. The van der Waals surface area contributed by atoms with Crippen LogP contribution in [0.25, 0.3) is 6.08 Å². The molecule has 0 saturated carbocycles. The zero-order chi connectivity index (χ0) is 25.4. The molecule has 0 spiro atoms. The number of amides is 3. The Morgan fingerprint density at radius 3 is 2.51 bits per heavy atom. The molecule has 3 amide bonds. The summed E-state index contributed by atoms with van der Waals surface area (Å²) in [5.41, 5.74) is 0.793. The van der Waals surface area contributed by atoms with Gasteiger partial charge in [-0.1, -0.05) is 29.3 Å². The van der Waals surface area contributed by atoms with Crippen molar-refractivity contribution < 1.29 is 19.1 Å². The lowest BCUT2D eigenvalue weighted by molar-refractivity contribution is -0.130. The minimum absolute atomic E-state index is 0.0900. The Kier molecular flexibility index (Phi) is 10.2. The SMILES string of the molecule is COC(=O)N(C)C1CCN(CCCN2CCN(C(=O)C=Cc3ccc(Cl)c(Cl)c3)CCC2=O)CC1. The van der Waals surface area contributed by atoms with E-state index < -0.39 is 0 Å². The summed E-state index contributed by atoms with van der Waals surface area (Å²) in [5, 5.41) is 0.909. The highest BCUT2D eigenvalue weighted by molar-refractivity contribution is 6.42. The first-order valence-electron chi connectivity index (χ1n) is 12.0. The Hall–Kier alpha value is -2.29. The van der Waals surface area contributed by atoms with Crippen LogP contribution in [-0.4, -0.2) is 104 Å². The van der Waals surface area contributed by atoms with Gasteiger partial charge >= 0.3 is 6.09 Å². The number of carbonyl (C=O) groups is 3. The summed E-state index contributed by atoms with van der Waals surface area (Å²) >= 11 is 12.0. The predicted octanol–water partition coefficient (Wildman–Crippen LogP) is 3.62. The number of likely N-dealkylation sites (tertiary alicyclic amines) is 1. The van der Waals surface area contributed by atoms with Gasteiger partial charge in [0, 0.05) is 64.9 Å². The van der Waals surface area contributed by atoms with Gasteiger partial charge in [0.1, 0.15) is 0 Å². The fourth-order valence-corrected chi connectivity index (χ4v) is 4.83. The van der Waals surface area contributed by atoms with Crippen molar-refractivity contribution in [3.63, 3.8) is 0 Å². The number of rotatable bonds is 7. The van der Waals surface area contributed by atoms with E-state index in [2.05, 4.69) is 4.90 Å². The molecular weight excluding hydrogens is 491 g/mol. The zero-order valence-corrected chi connectivity index (χ0v) is 21.9. The van der Waals surface area contributed by atoms with Crippen LogP contribution < -0.4 is 0 Å². The Bertz CT molecular complexity index is 934. The van der Waals surface area contributed by atoms with Crippen LogP contribution in [0.3, 0.4) is 0 Å². The molecule has 10 heteroatoms. The molecule has 8 nitrogen and oxygen atoms in total. The Morgan fingerprint density at radius 1 is 1.09 bits per heavy atom. The number of benzene rings is 1. The molecule has 2 heterocycles. The number of carbonyl (C=O) groups excluding carboxylic acids is 3. The molecule has 35 heavy (non-hydrogen) atoms. The highest BCUT2D eigenvalue weighted by atomic mass is 35.5. The van der Waals surface area contributed by atoms with E-state index >= 15 is 0 Å². The molecule has 0 aromatic heterocycles. The number of ether oxygens (including phenoxy) is 1. The molecule has 192 valence electrons. The lowest BCUT2D eigenvalue weighted by Gasteiger charge is -2.36. The molecule has 0 N–H and O–H groups in total. The monoisotopic (exact) mass is 524 g/mol. The van der Waals surface area contributed by atoms with E-state index in [1.165, 1.54) is 13.2 Å². The van der Waals surface area contributed by atoms with Crippen LogP contribution in [0.2, 0.25) is 10.0 Å². The van der Waals surface area contributed by atoms with Crippen LogP contribution >= 0.6 is 23.2 Å². The van der Waals surface area contributed by atoms with Gasteiger partial charge in [-0.2, -0.15) is 0 Å². The molecule has 3 rings (SSSR count). The second-order valence-electron chi connectivity index (χ2n) is 8.97. The summed E-state index contributed by atoms with van der Waals surface area (Å²) in [4.78, 5) is 44.6. The first kappa shape index (κ1) is 27.3. The summed E-state index contributed by atoms with van der Waals surface area (Å²) in [7, 11) is 3.19. The molecular formula is C25H34Cl2N4O4. The maximum atomic E-state index is 12.7. The van der Waals surface area contributed by atoms with Gasteiger partial charge in [0.15, 0.2) is 0 Å². The van der Waals surface area contributed by atoms with Crippen LogP contribution in [0.5, 0.6) is 0 Å². The fourth-order valence-electron chi connectivity index (χ4n) is 4.52. The minimum atomic E-state index is -0.291. The largest absolute Gasteiger partial charge is 0.453 e. The third-order valence-electron chi connectivity index (χ3n) is 6.73. The molecule has 2 aliphatic heterocycles. The molecule has 2 fully saturated rings. The van der Waals surface area contributed by atoms with E-state index in [9.17, 15) is 14.4 Å². The average molecular weight is 525 g/mol. The van der Waals surface area contributed by atoms with Crippen molar-refractivity contribution in [3.8, 4) is 0 Å². The number of nitrogens with zero attached hydrogens (tertiary/aromatic N) is 4. The van der Waals surface area contributed by atoms with Crippen LogP contribution in [0.1, 0.15) is 31.2 Å². The van der Waals surface area contributed by atoms with Gasteiger partial charge in [-0.3, -0.25) is 9.59 Å². The standard InChI is InChI=1S/C25H34Cl2N4O4/c1-28(25(34)35-2)20-8-13-29(14-9-20)11-3-12-30-16-17-31(15-10-24(30)33)23(32)7-5-19-4-6-21(26)22(27)18-19/h4-7,18,20H,3,8-17H2,1-2H3. The van der Waals surface area contributed by atoms with E-state index in [1.807, 2.05) is 4.90 Å². The normalized spacial score (nSPS) is 18.1. The number of methoxy groups -OCH3 is 1. The van der Waals surface area contributed by atoms with Gasteiger partial charge in [-0.25, -0.2) is 4.79 Å². The highest BCUT2D eigenvalue weighted by Crippen LogP contribution is 2.23. The smallest absolute Gasteiger partial charge is 0.409 e. The van der Waals surface area contributed by atoms with E-state index in [4.69, 9.17) is 27.9 Å². The number of piperidine rings is 1. The molecule has 2 saturated heterocycles. The molecule has 1 aromatic carbocycles. The van der Waals surface area contributed by atoms with Crippen molar-refractivity contribution in [1.82, 2.24) is 19.6 Å². The summed E-state index contributed by atoms with van der Waals surface area (Å²) in [6.07, 6.45) is 5.98. The van der Waals surface area contributed by atoms with Crippen LogP contribution in [-0.2, 0) is 14.3 Å². The summed E-state index contributed by atoms with van der Waals surface area (Å²) in [5.74, 6) is -0.0299. The number of halogens is 2. The fraction of sp³-hybridized carbons (Fsp3) is 0.560. The van der Waals surface area contributed by atoms with Gasteiger partial charge in [0.2, 0.25) is 11.8 Å². The second-order valence-corrected chi connectivity index (χ2v) is 9.78. The maximum absolute atomic E-state index is 12.7. The third-order valence-corrected chi connectivity index (χ3v) is 7.47. The quantitative estimate of drug-likeness (QED) is 0.509. The topological polar surface area (TPSA) is 73.4 Å². The van der Waals surface area contributed by atoms with Gasteiger partial charge in [-0.15, -0.1) is 0 Å². The second kappa shape index (κ2) is 13.1. The zero-order valence-electron chi connectivity index (χ0n) is 20.4. The Labute approximate surface area is 217 Å². The van der Waals surface area contributed by atoms with E-state index in [0.717, 1.165) is 44.5 Å². The van der Waals surface area contributed by atoms with Crippen molar-refractivity contribution in [1.29, 1.82) is 0 Å². The Balaban J connectivity index is 1.40. The molecule has 0 atom stereocenters. The minimum Gasteiger partial charge on any atom is -0.453 e. The van der Waals surface area contributed by atoms with Crippen LogP contribution in [0.4, 0.5) is 4.79 Å². The Morgan fingerprint density at radius 2 is 1.83 bits per heavy atom. The van der Waals surface area contributed by atoms with Gasteiger partial charge in [-0.05, 0) is 49.6 Å². The van der Waals surface area contributed by atoms with Crippen molar-refractivity contribution >= 4 is 47.2 Å². The molecule has 0 unspecified atom stereocenters. The highest BCUT2D eigenvalue weighted by Gasteiger charge is 2.26. The molecule has 0 radical (unpaired) electrons. The van der Waals surface area contributed by atoms with Crippen molar-refractivity contribution in [2.24, 2.45) is 0 Å². The van der Waals surface area contributed by atoms with Crippen LogP contribution in [0.15, 0.2) is 24.3 Å².